The minimum Gasteiger partial charge on any atom is -0.333 e. The van der Waals surface area contributed by atoms with E-state index >= 15 is 0 Å². The summed E-state index contributed by atoms with van der Waals surface area (Å²) >= 11 is 0. The van der Waals surface area contributed by atoms with Gasteiger partial charge in [0.15, 0.2) is 17.5 Å². The zero-order valence-corrected chi connectivity index (χ0v) is 14.6. The molecular weight excluding hydrogens is 347 g/mol. The molecule has 9 heteroatoms. The SMILES string of the molecule is CN[C@@H](CC(=O)N1CCn2c(C)nnc2C1)Cc1cc(F)c(F)cc1F. The van der Waals surface area contributed by atoms with Crippen LogP contribution >= 0.6 is 0 Å². The molecule has 1 aliphatic heterocycles. The van der Waals surface area contributed by atoms with Gasteiger partial charge in [0.1, 0.15) is 11.6 Å². The topological polar surface area (TPSA) is 63.1 Å². The Bertz CT molecular complexity index is 823. The molecule has 0 saturated carbocycles. The van der Waals surface area contributed by atoms with Crippen molar-refractivity contribution in [2.75, 3.05) is 13.6 Å². The molecule has 1 aromatic heterocycles. The first kappa shape index (κ1) is 18.4. The summed E-state index contributed by atoms with van der Waals surface area (Å²) in [6.45, 7) is 3.40. The van der Waals surface area contributed by atoms with Gasteiger partial charge < -0.3 is 14.8 Å². The normalized spacial score (nSPS) is 15.0. The maximum absolute atomic E-state index is 13.8. The van der Waals surface area contributed by atoms with Crippen LogP contribution in [-0.4, -0.2) is 45.2 Å². The molecule has 0 bridgehead atoms. The average Bonchev–Trinajstić information content (AvgIpc) is 2.99. The van der Waals surface area contributed by atoms with Gasteiger partial charge in [-0.3, -0.25) is 4.79 Å². The number of aryl methyl sites for hydroxylation is 1. The van der Waals surface area contributed by atoms with Crippen LogP contribution < -0.4 is 5.32 Å². The maximum Gasteiger partial charge on any atom is 0.224 e. The van der Waals surface area contributed by atoms with Gasteiger partial charge in [-0.05, 0) is 32.0 Å². The molecule has 3 rings (SSSR count). The van der Waals surface area contributed by atoms with Gasteiger partial charge in [0, 0.05) is 31.6 Å². The van der Waals surface area contributed by atoms with Gasteiger partial charge in [0.25, 0.3) is 0 Å². The molecule has 2 aromatic rings. The highest BCUT2D eigenvalue weighted by atomic mass is 19.2. The number of benzene rings is 1. The molecule has 1 aliphatic rings. The Morgan fingerprint density at radius 1 is 1.19 bits per heavy atom. The lowest BCUT2D eigenvalue weighted by atomic mass is 10.0. The number of likely N-dealkylation sites (N-methyl/N-ethyl adjacent to an activating group) is 1. The number of carbonyl (C=O) groups is 1. The molecule has 0 saturated heterocycles. The molecule has 1 atom stereocenters. The van der Waals surface area contributed by atoms with Crippen LogP contribution in [0.25, 0.3) is 0 Å². The third kappa shape index (κ3) is 3.72. The summed E-state index contributed by atoms with van der Waals surface area (Å²) < 4.78 is 42.2. The Morgan fingerprint density at radius 3 is 2.65 bits per heavy atom. The molecule has 1 N–H and O–H groups in total. The summed E-state index contributed by atoms with van der Waals surface area (Å²) in [7, 11) is 1.64. The molecule has 0 spiro atoms. The van der Waals surface area contributed by atoms with Gasteiger partial charge >= 0.3 is 0 Å². The van der Waals surface area contributed by atoms with Crippen molar-refractivity contribution < 1.29 is 18.0 Å². The van der Waals surface area contributed by atoms with Crippen LogP contribution in [0.5, 0.6) is 0 Å². The highest BCUT2D eigenvalue weighted by Crippen LogP contribution is 2.18. The zero-order valence-electron chi connectivity index (χ0n) is 14.6. The van der Waals surface area contributed by atoms with Crippen molar-refractivity contribution in [3.05, 3.63) is 46.8 Å². The standard InChI is InChI=1S/C17H20F3N5O/c1-10-22-23-16-9-24(3-4-25(10)16)17(26)7-12(21-2)5-11-6-14(19)15(20)8-13(11)18/h6,8,12,21H,3-5,7,9H2,1-2H3/t12-/m1/s1. The van der Waals surface area contributed by atoms with Crippen LogP contribution in [0, 0.1) is 24.4 Å². The van der Waals surface area contributed by atoms with Crippen molar-refractivity contribution in [2.45, 2.75) is 38.9 Å². The second-order valence-corrected chi connectivity index (χ2v) is 6.38. The molecular formula is C17H20F3N5O. The van der Waals surface area contributed by atoms with Crippen molar-refractivity contribution in [1.82, 2.24) is 25.0 Å². The van der Waals surface area contributed by atoms with Crippen molar-refractivity contribution in [3.8, 4) is 0 Å². The van der Waals surface area contributed by atoms with E-state index in [0.29, 0.717) is 25.7 Å². The van der Waals surface area contributed by atoms with E-state index in [1.54, 1.807) is 11.9 Å². The van der Waals surface area contributed by atoms with E-state index in [4.69, 9.17) is 0 Å². The van der Waals surface area contributed by atoms with E-state index in [-0.39, 0.29) is 24.3 Å². The predicted molar refractivity (Wildman–Crippen MR) is 87.7 cm³/mol. The lowest BCUT2D eigenvalue weighted by Gasteiger charge is -2.29. The lowest BCUT2D eigenvalue weighted by molar-refractivity contribution is -0.133. The lowest BCUT2D eigenvalue weighted by Crippen LogP contribution is -2.42. The molecule has 0 aliphatic carbocycles. The van der Waals surface area contributed by atoms with Crippen LogP contribution in [0.2, 0.25) is 0 Å². The summed E-state index contributed by atoms with van der Waals surface area (Å²) in [6.07, 6.45) is 0.191. The molecule has 0 radical (unpaired) electrons. The van der Waals surface area contributed by atoms with Gasteiger partial charge in [0.2, 0.25) is 5.91 Å². The quantitative estimate of drug-likeness (QED) is 0.815. The highest BCUT2D eigenvalue weighted by molar-refractivity contribution is 5.77. The van der Waals surface area contributed by atoms with Crippen molar-refractivity contribution >= 4 is 5.91 Å². The van der Waals surface area contributed by atoms with Crippen LogP contribution in [0.1, 0.15) is 23.6 Å². The fourth-order valence-electron chi connectivity index (χ4n) is 3.12. The smallest absolute Gasteiger partial charge is 0.224 e. The monoisotopic (exact) mass is 367 g/mol. The van der Waals surface area contributed by atoms with Crippen LogP contribution in [0.4, 0.5) is 13.2 Å². The Morgan fingerprint density at radius 2 is 1.92 bits per heavy atom. The molecule has 140 valence electrons. The molecule has 0 unspecified atom stereocenters. The minimum atomic E-state index is -1.23. The van der Waals surface area contributed by atoms with Gasteiger partial charge in [-0.2, -0.15) is 0 Å². The number of hydrogen-bond donors (Lipinski definition) is 1. The van der Waals surface area contributed by atoms with Crippen molar-refractivity contribution in [1.29, 1.82) is 0 Å². The van der Waals surface area contributed by atoms with E-state index in [1.807, 2.05) is 11.5 Å². The number of rotatable bonds is 5. The number of fused-ring (bicyclic) bond motifs is 1. The van der Waals surface area contributed by atoms with E-state index in [1.165, 1.54) is 0 Å². The average molecular weight is 367 g/mol. The second kappa shape index (κ2) is 7.45. The summed E-state index contributed by atoms with van der Waals surface area (Å²) in [5, 5.41) is 11.0. The van der Waals surface area contributed by atoms with Gasteiger partial charge in [0.05, 0.1) is 6.54 Å². The first-order chi connectivity index (χ1) is 12.4. The van der Waals surface area contributed by atoms with Gasteiger partial charge in [-0.25, -0.2) is 13.2 Å². The Kier molecular flexibility index (Phi) is 5.26. The van der Waals surface area contributed by atoms with E-state index in [2.05, 4.69) is 15.5 Å². The number of nitrogens with one attached hydrogen (secondary N) is 1. The van der Waals surface area contributed by atoms with Crippen LogP contribution in [0.3, 0.4) is 0 Å². The Hall–Kier alpha value is -2.42. The highest BCUT2D eigenvalue weighted by Gasteiger charge is 2.25. The first-order valence-corrected chi connectivity index (χ1v) is 8.36. The van der Waals surface area contributed by atoms with Gasteiger partial charge in [-0.1, -0.05) is 0 Å². The van der Waals surface area contributed by atoms with Gasteiger partial charge in [-0.15, -0.1) is 10.2 Å². The molecule has 0 fully saturated rings. The molecule has 2 heterocycles. The minimum absolute atomic E-state index is 0.0325. The number of carbonyl (C=O) groups excluding carboxylic acids is 1. The summed E-state index contributed by atoms with van der Waals surface area (Å²) in [5.74, 6) is -1.72. The number of amides is 1. The first-order valence-electron chi connectivity index (χ1n) is 8.36. The predicted octanol–water partition coefficient (Wildman–Crippen LogP) is 1.57. The maximum atomic E-state index is 13.8. The molecule has 1 aromatic carbocycles. The molecule has 1 amide bonds. The van der Waals surface area contributed by atoms with Crippen LogP contribution in [-0.2, 0) is 24.3 Å². The summed E-state index contributed by atoms with van der Waals surface area (Å²) in [5.41, 5.74) is 0.0325. The third-order valence-electron chi connectivity index (χ3n) is 4.68. The third-order valence-corrected chi connectivity index (χ3v) is 4.68. The van der Waals surface area contributed by atoms with Crippen molar-refractivity contribution in [3.63, 3.8) is 0 Å². The van der Waals surface area contributed by atoms with E-state index < -0.39 is 23.5 Å². The van der Waals surface area contributed by atoms with Crippen molar-refractivity contribution in [2.24, 2.45) is 0 Å². The number of nitrogens with zero attached hydrogens (tertiary/aromatic N) is 4. The summed E-state index contributed by atoms with van der Waals surface area (Å²) in [4.78, 5) is 14.3. The largest absolute Gasteiger partial charge is 0.333 e. The Balaban J connectivity index is 1.65. The second-order valence-electron chi connectivity index (χ2n) is 6.38. The fraction of sp³-hybridized carbons (Fsp3) is 0.471. The Labute approximate surface area is 149 Å². The zero-order chi connectivity index (χ0) is 18.8. The van der Waals surface area contributed by atoms with E-state index in [0.717, 1.165) is 17.7 Å². The molecule has 26 heavy (non-hydrogen) atoms. The summed E-state index contributed by atoms with van der Waals surface area (Å²) in [6, 6.07) is 0.966. The fourth-order valence-corrected chi connectivity index (χ4v) is 3.12. The number of hydrogen-bond acceptors (Lipinski definition) is 4. The number of aromatic nitrogens is 3. The van der Waals surface area contributed by atoms with E-state index in [9.17, 15) is 18.0 Å². The molecule has 6 nitrogen and oxygen atoms in total. The van der Waals surface area contributed by atoms with Crippen LogP contribution in [0.15, 0.2) is 12.1 Å². The number of halogens is 3.